The summed E-state index contributed by atoms with van der Waals surface area (Å²) < 4.78 is 1.95. The largest absolute Gasteiger partial charge is 0.310 e. The lowest BCUT2D eigenvalue weighted by Crippen LogP contribution is -2.19. The molecule has 3 rings (SSSR count). The summed E-state index contributed by atoms with van der Waals surface area (Å²) >= 11 is 0. The van der Waals surface area contributed by atoms with Crippen LogP contribution in [0.25, 0.3) is 16.9 Å². The molecule has 27 heavy (non-hydrogen) atoms. The molecule has 2 heterocycles. The van der Waals surface area contributed by atoms with Crippen molar-refractivity contribution in [3.05, 3.63) is 54.2 Å². The van der Waals surface area contributed by atoms with Gasteiger partial charge in [0.1, 0.15) is 17.2 Å². The van der Waals surface area contributed by atoms with Gasteiger partial charge >= 0.3 is 0 Å². The Morgan fingerprint density at radius 1 is 1.15 bits per heavy atom. The quantitative estimate of drug-likeness (QED) is 0.631. The number of carbonyl (C=O) groups excluding carboxylic acids is 1. The normalized spacial score (nSPS) is 12.9. The third-order valence-corrected chi connectivity index (χ3v) is 4.61. The number of nitrogens with one attached hydrogen (secondary N) is 1. The SMILES string of the molecule is Cc1ccc(-c2nc3ccccn3c2NC(=O)C[C@@H](C)CC(C)(C)C)cc1. The second-order valence-electron chi connectivity index (χ2n) is 8.73. The number of imidazole rings is 1. The van der Waals surface area contributed by atoms with Crippen LogP contribution in [0.1, 0.15) is 46.1 Å². The highest BCUT2D eigenvalue weighted by Gasteiger charge is 2.20. The Labute approximate surface area is 161 Å². The van der Waals surface area contributed by atoms with Crippen molar-refractivity contribution in [2.75, 3.05) is 5.32 Å². The standard InChI is InChI=1S/C23H29N3O/c1-16-9-11-18(12-10-16)21-22(26-13-7-6-8-19(26)24-21)25-20(27)14-17(2)15-23(3,4)5/h6-13,17H,14-15H2,1-5H3,(H,25,27)/t17-/m1/s1. The van der Waals surface area contributed by atoms with E-state index in [0.717, 1.165) is 29.1 Å². The molecular formula is C23H29N3O. The first kappa shape index (κ1) is 19.2. The Hall–Kier alpha value is -2.62. The summed E-state index contributed by atoms with van der Waals surface area (Å²) in [5, 5.41) is 3.12. The highest BCUT2D eigenvalue weighted by Crippen LogP contribution is 2.30. The third-order valence-electron chi connectivity index (χ3n) is 4.61. The predicted octanol–water partition coefficient (Wildman–Crippen LogP) is 5.71. The van der Waals surface area contributed by atoms with E-state index in [2.05, 4.69) is 64.2 Å². The van der Waals surface area contributed by atoms with Gasteiger partial charge in [0.25, 0.3) is 0 Å². The zero-order chi connectivity index (χ0) is 19.6. The van der Waals surface area contributed by atoms with E-state index in [1.807, 2.05) is 28.8 Å². The molecule has 2 aromatic heterocycles. The summed E-state index contributed by atoms with van der Waals surface area (Å²) in [5.74, 6) is 1.10. The van der Waals surface area contributed by atoms with Gasteiger partial charge in [-0.05, 0) is 36.8 Å². The Kier molecular flexibility index (Phi) is 5.36. The lowest BCUT2D eigenvalue weighted by molar-refractivity contribution is -0.117. The zero-order valence-electron chi connectivity index (χ0n) is 16.9. The van der Waals surface area contributed by atoms with Crippen molar-refractivity contribution < 1.29 is 4.79 Å². The van der Waals surface area contributed by atoms with Gasteiger partial charge in [-0.2, -0.15) is 0 Å². The minimum atomic E-state index is 0.0331. The molecule has 0 unspecified atom stereocenters. The summed E-state index contributed by atoms with van der Waals surface area (Å²) in [5.41, 5.74) is 4.05. The minimum Gasteiger partial charge on any atom is -0.310 e. The molecule has 0 saturated carbocycles. The molecule has 1 aromatic carbocycles. The van der Waals surface area contributed by atoms with Crippen LogP contribution in [-0.2, 0) is 4.79 Å². The van der Waals surface area contributed by atoms with Crippen LogP contribution in [-0.4, -0.2) is 15.3 Å². The number of hydrogen-bond acceptors (Lipinski definition) is 2. The van der Waals surface area contributed by atoms with E-state index < -0.39 is 0 Å². The molecule has 0 bridgehead atoms. The van der Waals surface area contributed by atoms with Gasteiger partial charge in [-0.25, -0.2) is 4.98 Å². The van der Waals surface area contributed by atoms with Gasteiger partial charge in [-0.1, -0.05) is 63.6 Å². The molecule has 1 atom stereocenters. The smallest absolute Gasteiger partial charge is 0.225 e. The number of nitrogens with zero attached hydrogens (tertiary/aromatic N) is 2. The lowest BCUT2D eigenvalue weighted by atomic mass is 9.84. The van der Waals surface area contributed by atoms with Crippen molar-refractivity contribution in [1.29, 1.82) is 0 Å². The van der Waals surface area contributed by atoms with E-state index in [9.17, 15) is 4.79 Å². The summed E-state index contributed by atoms with van der Waals surface area (Å²) in [6.07, 6.45) is 3.46. The van der Waals surface area contributed by atoms with Gasteiger partial charge in [-0.3, -0.25) is 9.20 Å². The van der Waals surface area contributed by atoms with Crippen LogP contribution in [0.3, 0.4) is 0 Å². The number of rotatable bonds is 5. The average molecular weight is 364 g/mol. The Balaban J connectivity index is 1.89. The molecule has 0 radical (unpaired) electrons. The number of anilines is 1. The van der Waals surface area contributed by atoms with Gasteiger partial charge in [0.05, 0.1) is 0 Å². The van der Waals surface area contributed by atoms with E-state index in [-0.39, 0.29) is 11.3 Å². The van der Waals surface area contributed by atoms with Gasteiger partial charge in [0, 0.05) is 18.2 Å². The number of fused-ring (bicyclic) bond motifs is 1. The van der Waals surface area contributed by atoms with Gasteiger partial charge < -0.3 is 5.32 Å². The van der Waals surface area contributed by atoms with Crippen molar-refractivity contribution in [2.45, 2.75) is 47.5 Å². The summed E-state index contributed by atoms with van der Waals surface area (Å²) in [6.45, 7) is 10.8. The number of hydrogen-bond donors (Lipinski definition) is 1. The summed E-state index contributed by atoms with van der Waals surface area (Å²) in [6, 6.07) is 14.1. The molecule has 4 heteroatoms. The summed E-state index contributed by atoms with van der Waals surface area (Å²) in [7, 11) is 0. The molecule has 4 nitrogen and oxygen atoms in total. The Bertz CT molecular complexity index is 932. The first-order valence-electron chi connectivity index (χ1n) is 9.57. The molecular weight excluding hydrogens is 334 g/mol. The molecule has 0 aliphatic rings. The number of benzene rings is 1. The third kappa shape index (κ3) is 4.76. The fourth-order valence-corrected chi connectivity index (χ4v) is 3.65. The number of pyridine rings is 1. The molecule has 0 spiro atoms. The molecule has 0 saturated heterocycles. The van der Waals surface area contributed by atoms with Gasteiger partial charge in [0.15, 0.2) is 0 Å². The van der Waals surface area contributed by atoms with Crippen molar-refractivity contribution in [2.24, 2.45) is 11.3 Å². The van der Waals surface area contributed by atoms with Crippen LogP contribution in [0, 0.1) is 18.3 Å². The Morgan fingerprint density at radius 2 is 1.85 bits per heavy atom. The van der Waals surface area contributed by atoms with E-state index in [1.54, 1.807) is 0 Å². The van der Waals surface area contributed by atoms with Gasteiger partial charge in [-0.15, -0.1) is 0 Å². The van der Waals surface area contributed by atoms with Crippen LogP contribution in [0.15, 0.2) is 48.7 Å². The summed E-state index contributed by atoms with van der Waals surface area (Å²) in [4.78, 5) is 17.5. The van der Waals surface area contributed by atoms with Crippen LogP contribution in [0.4, 0.5) is 5.82 Å². The highest BCUT2D eigenvalue weighted by molar-refractivity contribution is 5.94. The van der Waals surface area contributed by atoms with Crippen molar-refractivity contribution in [3.8, 4) is 11.3 Å². The van der Waals surface area contributed by atoms with E-state index >= 15 is 0 Å². The maximum atomic E-state index is 12.7. The molecule has 1 amide bonds. The Morgan fingerprint density at radius 3 is 2.52 bits per heavy atom. The number of amides is 1. The number of carbonyl (C=O) groups is 1. The molecule has 3 aromatic rings. The first-order valence-corrected chi connectivity index (χ1v) is 9.57. The van der Waals surface area contributed by atoms with E-state index in [0.29, 0.717) is 12.3 Å². The van der Waals surface area contributed by atoms with Crippen molar-refractivity contribution in [3.63, 3.8) is 0 Å². The van der Waals surface area contributed by atoms with E-state index in [1.165, 1.54) is 5.56 Å². The van der Waals surface area contributed by atoms with E-state index in [4.69, 9.17) is 4.98 Å². The monoisotopic (exact) mass is 363 g/mol. The average Bonchev–Trinajstić information content (AvgIpc) is 2.92. The zero-order valence-corrected chi connectivity index (χ0v) is 16.9. The fourth-order valence-electron chi connectivity index (χ4n) is 3.65. The van der Waals surface area contributed by atoms with Crippen LogP contribution < -0.4 is 5.32 Å². The highest BCUT2D eigenvalue weighted by atomic mass is 16.1. The second-order valence-corrected chi connectivity index (χ2v) is 8.73. The molecule has 142 valence electrons. The maximum absolute atomic E-state index is 12.7. The van der Waals surface area contributed by atoms with Crippen molar-refractivity contribution in [1.82, 2.24) is 9.38 Å². The second kappa shape index (κ2) is 7.55. The predicted molar refractivity (Wildman–Crippen MR) is 112 cm³/mol. The van der Waals surface area contributed by atoms with Crippen LogP contribution in [0.5, 0.6) is 0 Å². The minimum absolute atomic E-state index is 0.0331. The molecule has 0 fully saturated rings. The van der Waals surface area contributed by atoms with Crippen molar-refractivity contribution >= 4 is 17.4 Å². The van der Waals surface area contributed by atoms with Gasteiger partial charge in [0.2, 0.25) is 5.91 Å². The fraction of sp³-hybridized carbons (Fsp3) is 0.391. The lowest BCUT2D eigenvalue weighted by Gasteiger charge is -2.22. The topological polar surface area (TPSA) is 46.4 Å². The molecule has 1 N–H and O–H groups in total. The molecule has 0 aliphatic carbocycles. The number of aromatic nitrogens is 2. The van der Waals surface area contributed by atoms with Crippen LogP contribution >= 0.6 is 0 Å². The molecule has 0 aliphatic heterocycles. The maximum Gasteiger partial charge on any atom is 0.225 e. The van der Waals surface area contributed by atoms with Crippen LogP contribution in [0.2, 0.25) is 0 Å². The first-order chi connectivity index (χ1) is 12.7. The number of aryl methyl sites for hydroxylation is 1.